The molecular weight excluding hydrogens is 310 g/mol. The van der Waals surface area contributed by atoms with Crippen LogP contribution < -0.4 is 0 Å². The summed E-state index contributed by atoms with van der Waals surface area (Å²) in [5, 5.41) is 12.2. The SMILES string of the molecule is CN(Cc1cccs1)CC(O)c1ccc(Br)cc1. The number of thiophene rings is 1. The Morgan fingerprint density at radius 3 is 2.61 bits per heavy atom. The van der Waals surface area contributed by atoms with E-state index in [2.05, 4.69) is 38.3 Å². The van der Waals surface area contributed by atoms with Gasteiger partial charge in [0.15, 0.2) is 0 Å². The molecule has 2 rings (SSSR count). The number of halogens is 1. The van der Waals surface area contributed by atoms with Gasteiger partial charge >= 0.3 is 0 Å². The van der Waals surface area contributed by atoms with Crippen molar-refractivity contribution in [2.45, 2.75) is 12.6 Å². The number of benzene rings is 1. The molecular formula is C14H16BrNOS. The number of rotatable bonds is 5. The van der Waals surface area contributed by atoms with Crippen molar-refractivity contribution >= 4 is 27.3 Å². The molecule has 2 nitrogen and oxygen atoms in total. The van der Waals surface area contributed by atoms with Crippen LogP contribution in [-0.2, 0) is 6.54 Å². The van der Waals surface area contributed by atoms with E-state index in [0.717, 1.165) is 16.6 Å². The van der Waals surface area contributed by atoms with Crippen LogP contribution in [0.5, 0.6) is 0 Å². The van der Waals surface area contributed by atoms with Gasteiger partial charge in [0, 0.05) is 22.4 Å². The lowest BCUT2D eigenvalue weighted by Gasteiger charge is -2.20. The van der Waals surface area contributed by atoms with Gasteiger partial charge in [-0.25, -0.2) is 0 Å². The molecule has 0 bridgehead atoms. The fourth-order valence-corrected chi connectivity index (χ4v) is 2.87. The second-order valence-corrected chi connectivity index (χ2v) is 6.29. The van der Waals surface area contributed by atoms with Crippen LogP contribution in [-0.4, -0.2) is 23.6 Å². The number of nitrogens with zero attached hydrogens (tertiary/aromatic N) is 1. The van der Waals surface area contributed by atoms with E-state index in [4.69, 9.17) is 0 Å². The lowest BCUT2D eigenvalue weighted by Crippen LogP contribution is -2.23. The Morgan fingerprint density at radius 1 is 1.28 bits per heavy atom. The normalized spacial score (nSPS) is 12.9. The van der Waals surface area contributed by atoms with Crippen molar-refractivity contribution < 1.29 is 5.11 Å². The van der Waals surface area contributed by atoms with Crippen LogP contribution in [0.3, 0.4) is 0 Å². The van der Waals surface area contributed by atoms with E-state index in [1.165, 1.54) is 4.88 Å². The summed E-state index contributed by atoms with van der Waals surface area (Å²) in [7, 11) is 2.03. The van der Waals surface area contributed by atoms with Crippen molar-refractivity contribution in [3.8, 4) is 0 Å². The van der Waals surface area contributed by atoms with Crippen LogP contribution in [0.1, 0.15) is 16.5 Å². The van der Waals surface area contributed by atoms with E-state index in [0.29, 0.717) is 6.54 Å². The van der Waals surface area contributed by atoms with E-state index in [1.807, 2.05) is 31.3 Å². The van der Waals surface area contributed by atoms with Gasteiger partial charge < -0.3 is 5.11 Å². The fourth-order valence-electron chi connectivity index (χ4n) is 1.82. The molecule has 0 aliphatic heterocycles. The molecule has 0 fully saturated rings. The number of likely N-dealkylation sites (N-methyl/N-ethyl adjacent to an activating group) is 1. The molecule has 96 valence electrons. The first-order chi connectivity index (χ1) is 8.65. The minimum absolute atomic E-state index is 0.442. The van der Waals surface area contributed by atoms with Crippen LogP contribution in [0.15, 0.2) is 46.3 Å². The van der Waals surface area contributed by atoms with E-state index < -0.39 is 6.10 Å². The predicted octanol–water partition coefficient (Wildman–Crippen LogP) is 3.68. The Balaban J connectivity index is 1.90. The number of aliphatic hydroxyl groups excluding tert-OH is 1. The number of aliphatic hydroxyl groups is 1. The molecule has 18 heavy (non-hydrogen) atoms. The molecule has 1 heterocycles. The predicted molar refractivity (Wildman–Crippen MR) is 79.8 cm³/mol. The Bertz CT molecular complexity index is 469. The van der Waals surface area contributed by atoms with Gasteiger partial charge in [0.2, 0.25) is 0 Å². The fraction of sp³-hybridized carbons (Fsp3) is 0.286. The number of hydrogen-bond acceptors (Lipinski definition) is 3. The Hall–Kier alpha value is -0.680. The Morgan fingerprint density at radius 2 is 2.00 bits per heavy atom. The van der Waals surface area contributed by atoms with E-state index in [1.54, 1.807) is 11.3 Å². The van der Waals surface area contributed by atoms with E-state index >= 15 is 0 Å². The first kappa shape index (κ1) is 13.7. The summed E-state index contributed by atoms with van der Waals surface area (Å²) < 4.78 is 1.03. The van der Waals surface area contributed by atoms with Gasteiger partial charge in [0.1, 0.15) is 0 Å². The van der Waals surface area contributed by atoms with Crippen molar-refractivity contribution in [2.24, 2.45) is 0 Å². The maximum Gasteiger partial charge on any atom is 0.0916 e. The maximum absolute atomic E-state index is 10.2. The Kier molecular flexibility index (Phi) is 4.95. The molecule has 1 aromatic heterocycles. The summed E-state index contributed by atoms with van der Waals surface area (Å²) in [4.78, 5) is 3.46. The first-order valence-electron chi connectivity index (χ1n) is 5.79. The third kappa shape index (κ3) is 3.92. The molecule has 0 aliphatic carbocycles. The summed E-state index contributed by atoms with van der Waals surface area (Å²) in [6.07, 6.45) is -0.442. The molecule has 1 aromatic carbocycles. The van der Waals surface area contributed by atoms with E-state index in [-0.39, 0.29) is 0 Å². The van der Waals surface area contributed by atoms with Crippen LogP contribution in [0, 0.1) is 0 Å². The van der Waals surface area contributed by atoms with Gasteiger partial charge in [0.25, 0.3) is 0 Å². The zero-order valence-corrected chi connectivity index (χ0v) is 12.6. The molecule has 2 aromatic rings. The summed E-state index contributed by atoms with van der Waals surface area (Å²) in [6, 6.07) is 12.0. The quantitative estimate of drug-likeness (QED) is 0.906. The minimum Gasteiger partial charge on any atom is -0.387 e. The van der Waals surface area contributed by atoms with Crippen LogP contribution in [0.25, 0.3) is 0 Å². The molecule has 1 N–H and O–H groups in total. The minimum atomic E-state index is -0.442. The molecule has 1 unspecified atom stereocenters. The van der Waals surface area contributed by atoms with Crippen molar-refractivity contribution in [1.82, 2.24) is 4.90 Å². The molecule has 0 spiro atoms. The molecule has 1 atom stereocenters. The van der Waals surface area contributed by atoms with Gasteiger partial charge in [-0.2, -0.15) is 0 Å². The first-order valence-corrected chi connectivity index (χ1v) is 7.47. The van der Waals surface area contributed by atoms with Gasteiger partial charge in [-0.05, 0) is 36.2 Å². The molecule has 0 aliphatic rings. The van der Waals surface area contributed by atoms with Gasteiger partial charge in [-0.3, -0.25) is 4.90 Å². The van der Waals surface area contributed by atoms with Crippen LogP contribution >= 0.6 is 27.3 Å². The highest BCUT2D eigenvalue weighted by molar-refractivity contribution is 9.10. The summed E-state index contributed by atoms with van der Waals surface area (Å²) >= 11 is 5.14. The molecule has 0 saturated carbocycles. The monoisotopic (exact) mass is 325 g/mol. The van der Waals surface area contributed by atoms with Crippen molar-refractivity contribution in [3.63, 3.8) is 0 Å². The molecule has 0 amide bonds. The smallest absolute Gasteiger partial charge is 0.0916 e. The van der Waals surface area contributed by atoms with Crippen LogP contribution in [0.4, 0.5) is 0 Å². The third-order valence-corrected chi connectivity index (χ3v) is 4.14. The molecule has 0 radical (unpaired) electrons. The second-order valence-electron chi connectivity index (χ2n) is 4.34. The zero-order chi connectivity index (χ0) is 13.0. The average molecular weight is 326 g/mol. The van der Waals surface area contributed by atoms with Gasteiger partial charge in [-0.1, -0.05) is 34.1 Å². The highest BCUT2D eigenvalue weighted by Gasteiger charge is 2.11. The average Bonchev–Trinajstić information content (AvgIpc) is 2.82. The second kappa shape index (κ2) is 6.48. The lowest BCUT2D eigenvalue weighted by atomic mass is 10.1. The van der Waals surface area contributed by atoms with Gasteiger partial charge in [0.05, 0.1) is 6.10 Å². The lowest BCUT2D eigenvalue weighted by molar-refractivity contribution is 0.124. The summed E-state index contributed by atoms with van der Waals surface area (Å²) in [5.41, 5.74) is 0.955. The largest absolute Gasteiger partial charge is 0.387 e. The van der Waals surface area contributed by atoms with E-state index in [9.17, 15) is 5.11 Å². The topological polar surface area (TPSA) is 23.5 Å². The standard InChI is InChI=1S/C14H16BrNOS/c1-16(9-13-3-2-8-18-13)10-14(17)11-4-6-12(15)7-5-11/h2-8,14,17H,9-10H2,1H3. The Labute approximate surface area is 120 Å². The molecule has 0 saturated heterocycles. The molecule has 4 heteroatoms. The highest BCUT2D eigenvalue weighted by atomic mass is 79.9. The highest BCUT2D eigenvalue weighted by Crippen LogP contribution is 2.19. The summed E-state index contributed by atoms with van der Waals surface area (Å²) in [5.74, 6) is 0. The maximum atomic E-state index is 10.2. The van der Waals surface area contributed by atoms with Crippen LogP contribution in [0.2, 0.25) is 0 Å². The summed E-state index contributed by atoms with van der Waals surface area (Å²) in [6.45, 7) is 1.52. The van der Waals surface area contributed by atoms with Crippen molar-refractivity contribution in [1.29, 1.82) is 0 Å². The number of hydrogen-bond donors (Lipinski definition) is 1. The third-order valence-electron chi connectivity index (χ3n) is 2.75. The van der Waals surface area contributed by atoms with Crippen molar-refractivity contribution in [3.05, 3.63) is 56.7 Å². The van der Waals surface area contributed by atoms with Crippen molar-refractivity contribution in [2.75, 3.05) is 13.6 Å². The van der Waals surface area contributed by atoms with Gasteiger partial charge in [-0.15, -0.1) is 11.3 Å². The zero-order valence-electron chi connectivity index (χ0n) is 10.2.